The standard InChI is InChI=1S/C22H33N3O4/c1-15(2)21(26)25-13-18(17-12-16(28-4)6-7-20(17)29-5)19(14-25)22(27)24-10-8-23(3)9-11-24/h6-7,12,15,18-19H,8-11,13-14H2,1-5H3/t18-,19+/m0/s1. The van der Waals surface area contributed by atoms with Gasteiger partial charge in [0.1, 0.15) is 11.5 Å². The molecule has 2 saturated heterocycles. The van der Waals surface area contributed by atoms with Crippen LogP contribution in [-0.4, -0.2) is 87.0 Å². The summed E-state index contributed by atoms with van der Waals surface area (Å²) in [4.78, 5) is 32.2. The zero-order valence-electron chi connectivity index (χ0n) is 18.2. The highest BCUT2D eigenvalue weighted by Gasteiger charge is 2.43. The summed E-state index contributed by atoms with van der Waals surface area (Å²) in [5, 5.41) is 0. The van der Waals surface area contributed by atoms with Gasteiger partial charge in [0.05, 0.1) is 20.1 Å². The van der Waals surface area contributed by atoms with Crippen LogP contribution in [0.15, 0.2) is 18.2 Å². The highest BCUT2D eigenvalue weighted by atomic mass is 16.5. The summed E-state index contributed by atoms with van der Waals surface area (Å²) < 4.78 is 11.0. The van der Waals surface area contributed by atoms with E-state index in [4.69, 9.17) is 9.47 Å². The molecule has 0 saturated carbocycles. The smallest absolute Gasteiger partial charge is 0.228 e. The molecule has 2 amide bonds. The molecule has 0 aliphatic carbocycles. The third kappa shape index (κ3) is 4.50. The normalized spacial score (nSPS) is 22.8. The van der Waals surface area contributed by atoms with Crippen molar-refractivity contribution in [1.82, 2.24) is 14.7 Å². The van der Waals surface area contributed by atoms with Crippen molar-refractivity contribution in [2.45, 2.75) is 19.8 Å². The van der Waals surface area contributed by atoms with Crippen LogP contribution >= 0.6 is 0 Å². The SMILES string of the molecule is COc1ccc(OC)c([C@@H]2CN(C(=O)C(C)C)C[C@H]2C(=O)N2CCN(C)CC2)c1. The molecule has 2 atom stereocenters. The molecule has 0 spiro atoms. The van der Waals surface area contributed by atoms with E-state index < -0.39 is 0 Å². The maximum Gasteiger partial charge on any atom is 0.228 e. The highest BCUT2D eigenvalue weighted by molar-refractivity contribution is 5.84. The molecule has 29 heavy (non-hydrogen) atoms. The number of rotatable bonds is 5. The number of carbonyl (C=O) groups excluding carboxylic acids is 2. The average Bonchev–Trinajstić information content (AvgIpc) is 3.17. The van der Waals surface area contributed by atoms with E-state index in [0.717, 1.165) is 43.2 Å². The Morgan fingerprint density at radius 1 is 1.00 bits per heavy atom. The maximum atomic E-state index is 13.5. The maximum absolute atomic E-state index is 13.5. The minimum absolute atomic E-state index is 0.0885. The van der Waals surface area contributed by atoms with Crippen LogP contribution in [0.2, 0.25) is 0 Å². The lowest BCUT2D eigenvalue weighted by atomic mass is 9.87. The molecule has 2 fully saturated rings. The Labute approximate surface area is 173 Å². The molecule has 3 rings (SSSR count). The zero-order chi connectivity index (χ0) is 21.1. The fraction of sp³-hybridized carbons (Fsp3) is 0.636. The molecule has 1 aromatic carbocycles. The first-order valence-corrected chi connectivity index (χ1v) is 10.3. The molecule has 7 heteroatoms. The van der Waals surface area contributed by atoms with Gasteiger partial charge in [-0.2, -0.15) is 0 Å². The van der Waals surface area contributed by atoms with Crippen LogP contribution in [0.1, 0.15) is 25.3 Å². The van der Waals surface area contributed by atoms with E-state index in [1.807, 2.05) is 41.8 Å². The number of hydrogen-bond acceptors (Lipinski definition) is 5. The second-order valence-corrected chi connectivity index (χ2v) is 8.35. The van der Waals surface area contributed by atoms with Gasteiger partial charge in [-0.25, -0.2) is 0 Å². The molecule has 0 aromatic heterocycles. The number of amides is 2. The highest BCUT2D eigenvalue weighted by Crippen LogP contribution is 2.40. The van der Waals surface area contributed by atoms with Crippen molar-refractivity contribution in [3.63, 3.8) is 0 Å². The number of benzene rings is 1. The topological polar surface area (TPSA) is 62.3 Å². The van der Waals surface area contributed by atoms with Crippen molar-refractivity contribution in [3.05, 3.63) is 23.8 Å². The lowest BCUT2D eigenvalue weighted by molar-refractivity contribution is -0.138. The number of piperazine rings is 1. The quantitative estimate of drug-likeness (QED) is 0.749. The number of ether oxygens (including phenoxy) is 2. The lowest BCUT2D eigenvalue weighted by Gasteiger charge is -2.35. The van der Waals surface area contributed by atoms with Gasteiger partial charge in [-0.05, 0) is 25.2 Å². The van der Waals surface area contributed by atoms with Crippen LogP contribution in [0.25, 0.3) is 0 Å². The molecule has 7 nitrogen and oxygen atoms in total. The van der Waals surface area contributed by atoms with Crippen LogP contribution in [0.5, 0.6) is 11.5 Å². The summed E-state index contributed by atoms with van der Waals surface area (Å²) in [6.07, 6.45) is 0. The molecule has 2 aliphatic heterocycles. The summed E-state index contributed by atoms with van der Waals surface area (Å²) in [6, 6.07) is 5.67. The van der Waals surface area contributed by atoms with Gasteiger partial charge in [0.2, 0.25) is 11.8 Å². The zero-order valence-corrected chi connectivity index (χ0v) is 18.2. The van der Waals surface area contributed by atoms with Crippen LogP contribution in [0, 0.1) is 11.8 Å². The lowest BCUT2D eigenvalue weighted by Crippen LogP contribution is -2.50. The van der Waals surface area contributed by atoms with Gasteiger partial charge in [-0.15, -0.1) is 0 Å². The van der Waals surface area contributed by atoms with E-state index in [0.29, 0.717) is 13.1 Å². The predicted octanol–water partition coefficient (Wildman–Crippen LogP) is 1.68. The van der Waals surface area contributed by atoms with Gasteiger partial charge in [-0.3, -0.25) is 9.59 Å². The number of likely N-dealkylation sites (tertiary alicyclic amines) is 1. The fourth-order valence-electron chi connectivity index (χ4n) is 4.30. The predicted molar refractivity (Wildman–Crippen MR) is 111 cm³/mol. The second-order valence-electron chi connectivity index (χ2n) is 8.35. The molecule has 0 N–H and O–H groups in total. The molecule has 0 bridgehead atoms. The van der Waals surface area contributed by atoms with Crippen LogP contribution in [0.4, 0.5) is 0 Å². The van der Waals surface area contributed by atoms with Crippen LogP contribution < -0.4 is 9.47 Å². The third-order valence-corrected chi connectivity index (χ3v) is 6.09. The summed E-state index contributed by atoms with van der Waals surface area (Å²) in [5.41, 5.74) is 0.929. The van der Waals surface area contributed by atoms with E-state index in [9.17, 15) is 9.59 Å². The first-order chi connectivity index (χ1) is 13.8. The van der Waals surface area contributed by atoms with Crippen molar-refractivity contribution < 1.29 is 19.1 Å². The van der Waals surface area contributed by atoms with Gasteiger partial charge in [0, 0.05) is 56.7 Å². The average molecular weight is 404 g/mol. The summed E-state index contributed by atoms with van der Waals surface area (Å²) >= 11 is 0. The molecule has 2 aliphatic rings. The van der Waals surface area contributed by atoms with E-state index in [1.165, 1.54) is 0 Å². The van der Waals surface area contributed by atoms with Crippen LogP contribution in [0.3, 0.4) is 0 Å². The summed E-state index contributed by atoms with van der Waals surface area (Å²) in [7, 11) is 5.33. The number of methoxy groups -OCH3 is 2. The Morgan fingerprint density at radius 2 is 1.69 bits per heavy atom. The van der Waals surface area contributed by atoms with Gasteiger partial charge in [-0.1, -0.05) is 13.8 Å². The number of hydrogen-bond donors (Lipinski definition) is 0. The number of carbonyl (C=O) groups is 2. The van der Waals surface area contributed by atoms with Gasteiger partial charge >= 0.3 is 0 Å². The Balaban J connectivity index is 1.93. The molecular formula is C22H33N3O4. The van der Waals surface area contributed by atoms with E-state index in [1.54, 1.807) is 14.2 Å². The fourth-order valence-corrected chi connectivity index (χ4v) is 4.30. The monoisotopic (exact) mass is 403 g/mol. The molecule has 160 valence electrons. The van der Waals surface area contributed by atoms with E-state index in [2.05, 4.69) is 11.9 Å². The minimum Gasteiger partial charge on any atom is -0.497 e. The largest absolute Gasteiger partial charge is 0.497 e. The van der Waals surface area contributed by atoms with Crippen molar-refractivity contribution in [3.8, 4) is 11.5 Å². The van der Waals surface area contributed by atoms with Crippen molar-refractivity contribution in [1.29, 1.82) is 0 Å². The van der Waals surface area contributed by atoms with Gasteiger partial charge < -0.3 is 24.2 Å². The summed E-state index contributed by atoms with van der Waals surface area (Å²) in [5.74, 6) is 1.18. The Hall–Kier alpha value is -2.28. The Bertz CT molecular complexity index is 744. The molecule has 0 unspecified atom stereocenters. The number of nitrogens with zero attached hydrogens (tertiary/aromatic N) is 3. The van der Waals surface area contributed by atoms with Crippen molar-refractivity contribution in [2.24, 2.45) is 11.8 Å². The Kier molecular flexibility index (Phi) is 6.67. The van der Waals surface area contributed by atoms with Crippen LogP contribution in [-0.2, 0) is 9.59 Å². The number of likely N-dealkylation sites (N-methyl/N-ethyl adjacent to an activating group) is 1. The third-order valence-electron chi connectivity index (χ3n) is 6.09. The Morgan fingerprint density at radius 3 is 2.28 bits per heavy atom. The first-order valence-electron chi connectivity index (χ1n) is 10.3. The molecular weight excluding hydrogens is 370 g/mol. The second kappa shape index (κ2) is 9.03. The van der Waals surface area contributed by atoms with Gasteiger partial charge in [0.15, 0.2) is 0 Å². The molecule has 2 heterocycles. The van der Waals surface area contributed by atoms with Crippen molar-refractivity contribution >= 4 is 11.8 Å². The van der Waals surface area contributed by atoms with E-state index >= 15 is 0 Å². The molecule has 1 aromatic rings. The summed E-state index contributed by atoms with van der Waals surface area (Å²) in [6.45, 7) is 7.98. The molecule has 0 radical (unpaired) electrons. The van der Waals surface area contributed by atoms with Gasteiger partial charge in [0.25, 0.3) is 0 Å². The van der Waals surface area contributed by atoms with Crippen molar-refractivity contribution in [2.75, 3.05) is 60.5 Å². The van der Waals surface area contributed by atoms with E-state index in [-0.39, 0.29) is 29.6 Å². The first kappa shape index (κ1) is 21.4. The minimum atomic E-state index is -0.276.